The van der Waals surface area contributed by atoms with Gasteiger partial charge in [0.1, 0.15) is 19.3 Å². The lowest BCUT2D eigenvalue weighted by Gasteiger charge is -2.24. The van der Waals surface area contributed by atoms with Crippen LogP contribution in [0, 0.1) is 0 Å². The average Bonchev–Trinajstić information content (AvgIpc) is 2.94. The number of likely N-dealkylation sites (N-methyl/N-ethyl adjacent to an activating group) is 1. The van der Waals surface area contributed by atoms with Crippen molar-refractivity contribution in [1.29, 1.82) is 0 Å². The Morgan fingerprint density at radius 1 is 0.628 bits per heavy atom. The van der Waals surface area contributed by atoms with Gasteiger partial charge in [0, 0.05) is 13.0 Å². The van der Waals surface area contributed by atoms with E-state index in [0.717, 1.165) is 32.1 Å². The summed E-state index contributed by atoms with van der Waals surface area (Å²) in [6.07, 6.45) is 25.5. The molecule has 0 rings (SSSR count). The molecule has 0 saturated heterocycles. The van der Waals surface area contributed by atoms with Crippen LogP contribution in [-0.4, -0.2) is 75.6 Å². The lowest BCUT2D eigenvalue weighted by Crippen LogP contribution is -2.37. The van der Waals surface area contributed by atoms with Crippen molar-refractivity contribution in [3.05, 3.63) is 0 Å². The Bertz CT molecular complexity index is 672. The summed E-state index contributed by atoms with van der Waals surface area (Å²) in [5.41, 5.74) is 0. The summed E-state index contributed by atoms with van der Waals surface area (Å²) in [5, 5.41) is 0. The summed E-state index contributed by atoms with van der Waals surface area (Å²) in [6, 6.07) is 0. The largest absolute Gasteiger partial charge is 0.472 e. The van der Waals surface area contributed by atoms with Gasteiger partial charge in [-0.25, -0.2) is 4.57 Å². The van der Waals surface area contributed by atoms with Crippen LogP contribution in [0.15, 0.2) is 0 Å². The smallest absolute Gasteiger partial charge is 0.457 e. The van der Waals surface area contributed by atoms with Gasteiger partial charge in [-0.2, -0.15) is 0 Å². The molecular formula is C34H71NO7P+. The van der Waals surface area contributed by atoms with E-state index in [2.05, 4.69) is 13.8 Å². The van der Waals surface area contributed by atoms with Crippen molar-refractivity contribution in [1.82, 2.24) is 0 Å². The highest BCUT2D eigenvalue weighted by atomic mass is 31.2. The molecule has 0 fully saturated rings. The fourth-order valence-corrected chi connectivity index (χ4v) is 5.59. The van der Waals surface area contributed by atoms with Crippen LogP contribution in [0.1, 0.15) is 155 Å². The Balaban J connectivity index is 4.32. The Morgan fingerprint density at radius 2 is 1.07 bits per heavy atom. The van der Waals surface area contributed by atoms with Crippen molar-refractivity contribution in [2.24, 2.45) is 0 Å². The van der Waals surface area contributed by atoms with Gasteiger partial charge >= 0.3 is 13.8 Å². The number of hydrogen-bond acceptors (Lipinski definition) is 6. The molecule has 0 aromatic rings. The van der Waals surface area contributed by atoms with Crippen molar-refractivity contribution in [3.63, 3.8) is 0 Å². The van der Waals surface area contributed by atoms with Crippen LogP contribution in [0.25, 0.3) is 0 Å². The second-order valence-electron chi connectivity index (χ2n) is 13.3. The first-order chi connectivity index (χ1) is 20.6. The third kappa shape index (κ3) is 32.7. The number of hydrogen-bond donors (Lipinski definition) is 1. The van der Waals surface area contributed by atoms with E-state index in [9.17, 15) is 14.3 Å². The number of phosphoric acid groups is 1. The van der Waals surface area contributed by atoms with Crippen molar-refractivity contribution >= 4 is 13.8 Å². The zero-order chi connectivity index (χ0) is 32.1. The first kappa shape index (κ1) is 42.5. The topological polar surface area (TPSA) is 91.3 Å². The van der Waals surface area contributed by atoms with Gasteiger partial charge in [0.25, 0.3) is 0 Å². The van der Waals surface area contributed by atoms with Crippen molar-refractivity contribution in [3.8, 4) is 0 Å². The maximum atomic E-state index is 12.5. The number of esters is 1. The summed E-state index contributed by atoms with van der Waals surface area (Å²) in [5.74, 6) is -0.315. The van der Waals surface area contributed by atoms with Crippen LogP contribution < -0.4 is 0 Å². The van der Waals surface area contributed by atoms with Crippen LogP contribution in [0.4, 0.5) is 0 Å². The zero-order valence-electron chi connectivity index (χ0n) is 29.0. The van der Waals surface area contributed by atoms with E-state index in [1.807, 2.05) is 21.1 Å². The minimum atomic E-state index is -4.25. The van der Waals surface area contributed by atoms with Gasteiger partial charge in [-0.3, -0.25) is 13.8 Å². The molecule has 0 aliphatic heterocycles. The number of unbranched alkanes of at least 4 members (excludes halogenated alkanes) is 19. The van der Waals surface area contributed by atoms with E-state index in [4.69, 9.17) is 18.5 Å². The van der Waals surface area contributed by atoms with Crippen LogP contribution in [0.2, 0.25) is 0 Å². The van der Waals surface area contributed by atoms with Gasteiger partial charge < -0.3 is 18.9 Å². The zero-order valence-corrected chi connectivity index (χ0v) is 29.9. The molecule has 0 aliphatic carbocycles. The molecule has 1 N–H and O–H groups in total. The lowest BCUT2D eigenvalue weighted by atomic mass is 10.1. The maximum absolute atomic E-state index is 12.5. The molecule has 0 saturated carbocycles. The molecule has 2 atom stereocenters. The highest BCUT2D eigenvalue weighted by Gasteiger charge is 2.26. The van der Waals surface area contributed by atoms with Crippen molar-refractivity contribution < 1.29 is 37.3 Å². The van der Waals surface area contributed by atoms with E-state index < -0.39 is 13.9 Å². The molecular weight excluding hydrogens is 565 g/mol. The second kappa shape index (κ2) is 28.9. The van der Waals surface area contributed by atoms with Crippen molar-refractivity contribution in [2.45, 2.75) is 161 Å². The minimum absolute atomic E-state index is 0.0931. The second-order valence-corrected chi connectivity index (χ2v) is 14.7. The molecule has 0 spiro atoms. The number of nitrogens with zero attached hydrogens (tertiary/aromatic N) is 1. The van der Waals surface area contributed by atoms with E-state index in [-0.39, 0.29) is 25.8 Å². The van der Waals surface area contributed by atoms with Crippen LogP contribution >= 0.6 is 7.82 Å². The Hall–Kier alpha value is -0.500. The molecule has 0 bridgehead atoms. The van der Waals surface area contributed by atoms with E-state index in [1.165, 1.54) is 103 Å². The quantitative estimate of drug-likeness (QED) is 0.0332. The number of ether oxygens (including phenoxy) is 2. The van der Waals surface area contributed by atoms with Gasteiger partial charge in [-0.1, -0.05) is 136 Å². The van der Waals surface area contributed by atoms with Gasteiger partial charge in [-0.15, -0.1) is 0 Å². The predicted molar refractivity (Wildman–Crippen MR) is 178 cm³/mol. The lowest BCUT2D eigenvalue weighted by molar-refractivity contribution is -0.870. The van der Waals surface area contributed by atoms with Gasteiger partial charge in [0.05, 0.1) is 34.4 Å². The highest BCUT2D eigenvalue weighted by Crippen LogP contribution is 2.43. The number of rotatable bonds is 33. The van der Waals surface area contributed by atoms with Gasteiger partial charge in [0.2, 0.25) is 0 Å². The minimum Gasteiger partial charge on any atom is -0.457 e. The third-order valence-electron chi connectivity index (χ3n) is 7.67. The fourth-order valence-electron chi connectivity index (χ4n) is 4.85. The molecule has 2 unspecified atom stereocenters. The molecule has 9 heteroatoms. The number of carbonyl (C=O) groups is 1. The van der Waals surface area contributed by atoms with Crippen LogP contribution in [0.5, 0.6) is 0 Å². The molecule has 0 aromatic heterocycles. The number of quaternary nitrogens is 1. The predicted octanol–water partition coefficient (Wildman–Crippen LogP) is 9.38. The summed E-state index contributed by atoms with van der Waals surface area (Å²) in [4.78, 5) is 22.6. The molecule has 0 amide bonds. The number of phosphoric ester groups is 1. The summed E-state index contributed by atoms with van der Waals surface area (Å²) in [7, 11) is 1.68. The number of carbonyl (C=O) groups excluding carboxylic acids is 1. The molecule has 43 heavy (non-hydrogen) atoms. The van der Waals surface area contributed by atoms with E-state index in [1.54, 1.807) is 0 Å². The van der Waals surface area contributed by atoms with Crippen molar-refractivity contribution in [2.75, 3.05) is 54.1 Å². The summed E-state index contributed by atoms with van der Waals surface area (Å²) < 4.78 is 34.7. The molecule has 8 nitrogen and oxygen atoms in total. The summed E-state index contributed by atoms with van der Waals surface area (Å²) in [6.45, 7) is 5.62. The monoisotopic (exact) mass is 636 g/mol. The highest BCUT2D eigenvalue weighted by molar-refractivity contribution is 7.47. The average molecular weight is 637 g/mol. The molecule has 258 valence electrons. The summed E-state index contributed by atoms with van der Waals surface area (Å²) >= 11 is 0. The molecule has 0 aromatic carbocycles. The van der Waals surface area contributed by atoms with Crippen LogP contribution in [-0.2, 0) is 27.9 Å². The fraction of sp³-hybridized carbons (Fsp3) is 0.971. The standard InChI is InChI=1S/C34H70NO7P/c1-6-8-10-12-14-16-18-20-22-24-26-29-39-31-33(32-41-43(37,38)40-30-28-35(3,4)5)42-34(36)27-25-23-21-19-17-15-13-11-9-7-2/h33H,6-32H2,1-5H3/p+1. The molecule has 0 heterocycles. The first-order valence-electron chi connectivity index (χ1n) is 17.8. The van der Waals surface area contributed by atoms with Crippen LogP contribution in [0.3, 0.4) is 0 Å². The maximum Gasteiger partial charge on any atom is 0.472 e. The Labute approximate surface area is 266 Å². The Morgan fingerprint density at radius 3 is 1.53 bits per heavy atom. The van der Waals surface area contributed by atoms with Gasteiger partial charge in [-0.05, 0) is 12.8 Å². The Kier molecular flexibility index (Phi) is 28.6. The molecule has 0 radical (unpaired) electrons. The van der Waals surface area contributed by atoms with Gasteiger partial charge in [0.15, 0.2) is 0 Å². The normalized spacial score (nSPS) is 14.1. The first-order valence-corrected chi connectivity index (χ1v) is 19.3. The molecule has 0 aliphatic rings. The third-order valence-corrected chi connectivity index (χ3v) is 8.65. The van der Waals surface area contributed by atoms with E-state index in [0.29, 0.717) is 24.1 Å². The van der Waals surface area contributed by atoms with E-state index >= 15 is 0 Å². The SMILES string of the molecule is CCCCCCCCCCCCCOCC(COP(=O)(O)OCC[N+](C)(C)C)OC(=O)CCCCCCCCCCCC.